The number of likely N-dealkylation sites (tertiary alicyclic amines) is 1. The standard InChI is InChI=1S/C26H42N4O3S/c1-22-11-19-28(20-12-22)14-8-13-27-26(31)23-9-10-24(29-15-4-2-5-16-29)25(21-23)34(32,33)30-17-6-3-7-18-30/h9-10,21-22H,2-8,11-20H2,1H3,(H,27,31). The summed E-state index contributed by atoms with van der Waals surface area (Å²) in [5, 5.41) is 3.02. The summed E-state index contributed by atoms with van der Waals surface area (Å²) >= 11 is 0. The number of rotatable bonds is 8. The quantitative estimate of drug-likeness (QED) is 0.563. The number of carbonyl (C=O) groups excluding carboxylic acids is 1. The molecule has 8 heteroatoms. The van der Waals surface area contributed by atoms with E-state index in [-0.39, 0.29) is 5.91 Å². The van der Waals surface area contributed by atoms with E-state index in [2.05, 4.69) is 22.0 Å². The summed E-state index contributed by atoms with van der Waals surface area (Å²) < 4.78 is 28.9. The Morgan fingerprint density at radius 1 is 0.941 bits per heavy atom. The third kappa shape index (κ3) is 6.32. The van der Waals surface area contributed by atoms with Gasteiger partial charge < -0.3 is 15.1 Å². The summed E-state index contributed by atoms with van der Waals surface area (Å²) in [6, 6.07) is 5.27. The summed E-state index contributed by atoms with van der Waals surface area (Å²) in [6.45, 7) is 9.06. The molecule has 3 fully saturated rings. The van der Waals surface area contributed by atoms with E-state index >= 15 is 0 Å². The number of hydrogen-bond acceptors (Lipinski definition) is 5. The first kappa shape index (κ1) is 25.5. The first-order chi connectivity index (χ1) is 16.4. The van der Waals surface area contributed by atoms with Crippen molar-refractivity contribution in [3.63, 3.8) is 0 Å². The number of nitrogens with zero attached hydrogens (tertiary/aromatic N) is 3. The van der Waals surface area contributed by atoms with Crippen LogP contribution in [0.25, 0.3) is 0 Å². The minimum atomic E-state index is -3.64. The molecule has 34 heavy (non-hydrogen) atoms. The highest BCUT2D eigenvalue weighted by Crippen LogP contribution is 2.32. The summed E-state index contributed by atoms with van der Waals surface area (Å²) in [5.74, 6) is 0.631. The van der Waals surface area contributed by atoms with Gasteiger partial charge in [0.25, 0.3) is 5.91 Å². The molecular weight excluding hydrogens is 448 g/mol. The van der Waals surface area contributed by atoms with Crippen LogP contribution >= 0.6 is 0 Å². The van der Waals surface area contributed by atoms with Crippen LogP contribution in [-0.4, -0.2) is 75.9 Å². The zero-order chi connectivity index (χ0) is 24.0. The van der Waals surface area contributed by atoms with Crippen LogP contribution in [0.2, 0.25) is 0 Å². The van der Waals surface area contributed by atoms with Gasteiger partial charge in [0.15, 0.2) is 0 Å². The second-order valence-electron chi connectivity index (χ2n) is 10.3. The van der Waals surface area contributed by atoms with E-state index in [4.69, 9.17) is 0 Å². The number of anilines is 1. The normalized spacial score (nSPS) is 21.5. The largest absolute Gasteiger partial charge is 0.370 e. The molecule has 0 saturated carbocycles. The first-order valence-electron chi connectivity index (χ1n) is 13.3. The molecule has 1 aromatic rings. The highest BCUT2D eigenvalue weighted by atomic mass is 32.2. The number of nitrogens with one attached hydrogen (secondary N) is 1. The number of carbonyl (C=O) groups is 1. The zero-order valence-electron chi connectivity index (χ0n) is 20.8. The third-order valence-electron chi connectivity index (χ3n) is 7.66. The first-order valence-corrected chi connectivity index (χ1v) is 14.8. The van der Waals surface area contributed by atoms with E-state index in [0.29, 0.717) is 30.1 Å². The van der Waals surface area contributed by atoms with E-state index in [9.17, 15) is 13.2 Å². The van der Waals surface area contributed by atoms with Gasteiger partial charge in [0, 0.05) is 38.3 Å². The fourth-order valence-electron chi connectivity index (χ4n) is 5.39. The van der Waals surface area contributed by atoms with Gasteiger partial charge in [0.2, 0.25) is 10.0 Å². The van der Waals surface area contributed by atoms with E-state index < -0.39 is 10.0 Å². The molecule has 0 unspecified atom stereocenters. The molecule has 190 valence electrons. The van der Waals surface area contributed by atoms with Gasteiger partial charge >= 0.3 is 0 Å². The molecule has 1 amide bonds. The summed E-state index contributed by atoms with van der Waals surface area (Å²) in [4.78, 5) is 17.9. The molecule has 3 saturated heterocycles. The summed E-state index contributed by atoms with van der Waals surface area (Å²) in [7, 11) is -3.64. The molecule has 0 aliphatic carbocycles. The van der Waals surface area contributed by atoms with Crippen molar-refractivity contribution in [2.24, 2.45) is 5.92 Å². The lowest BCUT2D eigenvalue weighted by atomic mass is 9.99. The molecule has 3 aliphatic rings. The number of hydrogen-bond donors (Lipinski definition) is 1. The van der Waals surface area contributed by atoms with Gasteiger partial charge in [-0.05, 0) is 95.1 Å². The second-order valence-corrected chi connectivity index (χ2v) is 12.2. The molecule has 1 aromatic carbocycles. The Hall–Kier alpha value is -1.64. The van der Waals surface area contributed by atoms with E-state index in [1.54, 1.807) is 16.4 Å². The zero-order valence-corrected chi connectivity index (χ0v) is 21.6. The maximum Gasteiger partial charge on any atom is 0.251 e. The predicted molar refractivity (Wildman–Crippen MR) is 137 cm³/mol. The Labute approximate surface area is 205 Å². The average molecular weight is 491 g/mol. The van der Waals surface area contributed by atoms with Crippen LogP contribution in [0.5, 0.6) is 0 Å². The number of piperidine rings is 3. The highest BCUT2D eigenvalue weighted by Gasteiger charge is 2.31. The molecule has 4 rings (SSSR count). The van der Waals surface area contributed by atoms with Crippen LogP contribution in [0.3, 0.4) is 0 Å². The molecule has 1 N–H and O–H groups in total. The lowest BCUT2D eigenvalue weighted by Gasteiger charge is -2.33. The topological polar surface area (TPSA) is 73.0 Å². The predicted octanol–water partition coefficient (Wildman–Crippen LogP) is 3.70. The van der Waals surface area contributed by atoms with Crippen LogP contribution in [0, 0.1) is 5.92 Å². The molecule has 0 radical (unpaired) electrons. The van der Waals surface area contributed by atoms with Gasteiger partial charge in [-0.15, -0.1) is 0 Å². The average Bonchev–Trinajstić information content (AvgIpc) is 2.88. The Kier molecular flexibility index (Phi) is 8.88. The van der Waals surface area contributed by atoms with Crippen molar-refractivity contribution in [2.45, 2.75) is 69.6 Å². The summed E-state index contributed by atoms with van der Waals surface area (Å²) in [6.07, 6.45) is 9.61. The monoisotopic (exact) mass is 490 g/mol. The molecule has 0 bridgehead atoms. The molecule has 0 atom stereocenters. The third-order valence-corrected chi connectivity index (χ3v) is 9.59. The SMILES string of the molecule is CC1CCN(CCCNC(=O)c2ccc(N3CCCCC3)c(S(=O)(=O)N3CCCCC3)c2)CC1. The number of benzene rings is 1. The maximum atomic E-state index is 13.6. The highest BCUT2D eigenvalue weighted by molar-refractivity contribution is 7.89. The van der Waals surface area contributed by atoms with Crippen LogP contribution in [-0.2, 0) is 10.0 Å². The molecular formula is C26H42N4O3S. The van der Waals surface area contributed by atoms with Gasteiger partial charge in [0.05, 0.1) is 5.69 Å². The van der Waals surface area contributed by atoms with Gasteiger partial charge in [-0.25, -0.2) is 8.42 Å². The Bertz CT molecular complexity index is 916. The van der Waals surface area contributed by atoms with Gasteiger partial charge in [-0.2, -0.15) is 4.31 Å². The fourth-order valence-corrected chi connectivity index (χ4v) is 7.15. The van der Waals surface area contributed by atoms with Crippen molar-refractivity contribution in [1.82, 2.24) is 14.5 Å². The van der Waals surface area contributed by atoms with E-state index in [0.717, 1.165) is 82.9 Å². The van der Waals surface area contributed by atoms with Gasteiger partial charge in [-0.3, -0.25) is 4.79 Å². The number of sulfonamides is 1. The van der Waals surface area contributed by atoms with Crippen molar-refractivity contribution in [1.29, 1.82) is 0 Å². The van der Waals surface area contributed by atoms with Crippen molar-refractivity contribution in [2.75, 3.05) is 57.3 Å². The Balaban J connectivity index is 1.44. The van der Waals surface area contributed by atoms with Crippen molar-refractivity contribution in [3.05, 3.63) is 23.8 Å². The van der Waals surface area contributed by atoms with Gasteiger partial charge in [0.1, 0.15) is 4.90 Å². The van der Waals surface area contributed by atoms with Crippen molar-refractivity contribution in [3.8, 4) is 0 Å². The molecule has 0 aromatic heterocycles. The molecule has 0 spiro atoms. The van der Waals surface area contributed by atoms with Crippen LogP contribution in [0.4, 0.5) is 5.69 Å². The van der Waals surface area contributed by atoms with Crippen molar-refractivity contribution < 1.29 is 13.2 Å². The maximum absolute atomic E-state index is 13.6. The smallest absolute Gasteiger partial charge is 0.251 e. The number of amides is 1. The Morgan fingerprint density at radius 3 is 2.26 bits per heavy atom. The molecule has 3 aliphatic heterocycles. The molecule has 7 nitrogen and oxygen atoms in total. The fraction of sp³-hybridized carbons (Fsp3) is 0.731. The van der Waals surface area contributed by atoms with Crippen LogP contribution < -0.4 is 10.2 Å². The molecule has 3 heterocycles. The minimum absolute atomic E-state index is 0.187. The van der Waals surface area contributed by atoms with E-state index in [1.807, 2.05) is 6.07 Å². The second kappa shape index (κ2) is 11.9. The van der Waals surface area contributed by atoms with Crippen LogP contribution in [0.15, 0.2) is 23.1 Å². The lowest BCUT2D eigenvalue weighted by molar-refractivity contribution is 0.0950. The lowest BCUT2D eigenvalue weighted by Crippen LogP contribution is -2.38. The van der Waals surface area contributed by atoms with E-state index in [1.165, 1.54) is 19.3 Å². The van der Waals surface area contributed by atoms with Crippen molar-refractivity contribution >= 4 is 21.6 Å². The van der Waals surface area contributed by atoms with Crippen LogP contribution in [0.1, 0.15) is 75.1 Å². The Morgan fingerprint density at radius 2 is 1.59 bits per heavy atom. The minimum Gasteiger partial charge on any atom is -0.370 e. The van der Waals surface area contributed by atoms with Gasteiger partial charge in [-0.1, -0.05) is 13.3 Å². The summed E-state index contributed by atoms with van der Waals surface area (Å²) in [5.41, 5.74) is 1.18.